The Morgan fingerprint density at radius 1 is 1.09 bits per heavy atom. The summed E-state index contributed by atoms with van der Waals surface area (Å²) in [4.78, 5) is 56.3. The van der Waals surface area contributed by atoms with E-state index in [2.05, 4.69) is 44.9 Å². The van der Waals surface area contributed by atoms with Crippen molar-refractivity contribution >= 4 is 56.4 Å². The molecule has 244 valence electrons. The van der Waals surface area contributed by atoms with Crippen LogP contribution in [0.15, 0.2) is 12.2 Å². The summed E-state index contributed by atoms with van der Waals surface area (Å²) in [5.74, 6) is -0.544. The van der Waals surface area contributed by atoms with Crippen LogP contribution in [0.3, 0.4) is 0 Å². The molecule has 13 heteroatoms. The van der Waals surface area contributed by atoms with Crippen LogP contribution in [0.4, 0.5) is 4.79 Å². The van der Waals surface area contributed by atoms with E-state index in [9.17, 15) is 27.6 Å². The molecule has 10 atom stereocenters. The molecule has 0 bridgehead atoms. The lowest BCUT2D eigenvalue weighted by molar-refractivity contribution is -0.142. The third-order valence-corrected chi connectivity index (χ3v) is 14.0. The van der Waals surface area contributed by atoms with E-state index in [1.165, 1.54) is 11.3 Å². The number of carbonyl (C=O) groups excluding carboxylic acids is 4. The Kier molecular flexibility index (Phi) is 8.54. The van der Waals surface area contributed by atoms with Crippen LogP contribution in [0.5, 0.6) is 0 Å². The molecule has 4 saturated carbocycles. The van der Waals surface area contributed by atoms with E-state index in [4.69, 9.17) is 4.74 Å². The van der Waals surface area contributed by atoms with E-state index in [1.54, 1.807) is 6.92 Å². The molecule has 4 amide bonds. The molecule has 2 heterocycles. The monoisotopic (exact) mass is 744 g/mol. The predicted molar refractivity (Wildman–Crippen MR) is 171 cm³/mol. The van der Waals surface area contributed by atoms with Gasteiger partial charge in [0, 0.05) is 16.4 Å². The molecule has 6 aliphatic rings. The highest BCUT2D eigenvalue weighted by Gasteiger charge is 2.63. The summed E-state index contributed by atoms with van der Waals surface area (Å²) in [5.41, 5.74) is -1.40. The number of nitrogens with zero attached hydrogens (tertiary/aromatic N) is 1. The Morgan fingerprint density at radius 2 is 1.80 bits per heavy atom. The topological polar surface area (TPSA) is 151 Å². The molecule has 5 fully saturated rings. The lowest BCUT2D eigenvalue weighted by Crippen LogP contribution is -2.59. The van der Waals surface area contributed by atoms with Gasteiger partial charge in [-0.05, 0) is 94.8 Å². The average Bonchev–Trinajstić information content (AvgIpc) is 3.90. The van der Waals surface area contributed by atoms with Gasteiger partial charge in [0.15, 0.2) is 0 Å². The van der Waals surface area contributed by atoms with Crippen molar-refractivity contribution < 1.29 is 32.3 Å². The standard InChI is InChI=1S/C31H45IN4O7S/c1-17-6-4-5-7-21-15-31(21,28(39)35-44(41,42)30(3)8-9-30)34-26(37)24-14-22(32)16-36(24)27(38)25(18(2)10-17)33-29(40)43-23-12-19-11-20(19)13-23/h5,7,17-25H,4,6,8-16H2,1-3H3,(H,33,40)(H,34,37)(H,35,39)/b7-5-/t17-,18-,19-,20+,21-,22-,23?,24+,25+,31-/m1/s1. The zero-order chi connectivity index (χ0) is 31.6. The smallest absolute Gasteiger partial charge is 0.408 e. The lowest BCUT2D eigenvalue weighted by Gasteiger charge is -2.33. The van der Waals surface area contributed by atoms with Crippen molar-refractivity contribution in [2.75, 3.05) is 6.54 Å². The molecule has 2 aliphatic heterocycles. The van der Waals surface area contributed by atoms with Gasteiger partial charge in [-0.3, -0.25) is 19.1 Å². The Morgan fingerprint density at radius 3 is 2.48 bits per heavy atom. The van der Waals surface area contributed by atoms with Crippen LogP contribution in [0.25, 0.3) is 0 Å². The van der Waals surface area contributed by atoms with Gasteiger partial charge in [-0.2, -0.15) is 0 Å². The van der Waals surface area contributed by atoms with Gasteiger partial charge in [0.1, 0.15) is 23.7 Å². The normalized spacial score (nSPS) is 41.9. The minimum absolute atomic E-state index is 0.00639. The number of sulfonamides is 1. The molecule has 44 heavy (non-hydrogen) atoms. The molecule has 0 aromatic heterocycles. The van der Waals surface area contributed by atoms with Crippen molar-refractivity contribution in [1.29, 1.82) is 0 Å². The van der Waals surface area contributed by atoms with Gasteiger partial charge in [-0.15, -0.1) is 0 Å². The van der Waals surface area contributed by atoms with Crippen molar-refractivity contribution in [3.8, 4) is 0 Å². The van der Waals surface area contributed by atoms with Crippen LogP contribution in [0.2, 0.25) is 0 Å². The number of hydrogen-bond acceptors (Lipinski definition) is 7. The largest absolute Gasteiger partial charge is 0.446 e. The van der Waals surface area contributed by atoms with Gasteiger partial charge in [-0.1, -0.05) is 48.6 Å². The van der Waals surface area contributed by atoms with Crippen molar-refractivity contribution in [1.82, 2.24) is 20.3 Å². The van der Waals surface area contributed by atoms with E-state index in [1.807, 2.05) is 19.1 Å². The van der Waals surface area contributed by atoms with Gasteiger partial charge >= 0.3 is 6.09 Å². The molecule has 0 aromatic carbocycles. The van der Waals surface area contributed by atoms with E-state index < -0.39 is 50.3 Å². The van der Waals surface area contributed by atoms with Crippen LogP contribution < -0.4 is 15.4 Å². The first kappa shape index (κ1) is 32.1. The van der Waals surface area contributed by atoms with Crippen LogP contribution in [0.1, 0.15) is 85.0 Å². The maximum Gasteiger partial charge on any atom is 0.408 e. The summed E-state index contributed by atoms with van der Waals surface area (Å²) in [6.45, 7) is 6.02. The average molecular weight is 745 g/mol. The molecular weight excluding hydrogens is 699 g/mol. The number of ether oxygens (including phenoxy) is 1. The molecule has 0 aromatic rings. The maximum absolute atomic E-state index is 14.2. The van der Waals surface area contributed by atoms with E-state index in [0.717, 1.165) is 25.7 Å². The quantitative estimate of drug-likeness (QED) is 0.223. The number of hydrogen-bond donors (Lipinski definition) is 3. The molecule has 3 N–H and O–H groups in total. The third kappa shape index (κ3) is 6.37. The van der Waals surface area contributed by atoms with Crippen molar-refractivity contribution in [3.05, 3.63) is 12.2 Å². The highest BCUT2D eigenvalue weighted by molar-refractivity contribution is 14.1. The maximum atomic E-state index is 14.2. The van der Waals surface area contributed by atoms with Crippen LogP contribution in [-0.2, 0) is 29.1 Å². The van der Waals surface area contributed by atoms with Gasteiger partial charge in [0.2, 0.25) is 21.8 Å². The van der Waals surface area contributed by atoms with Crippen LogP contribution in [-0.4, -0.2) is 76.1 Å². The van der Waals surface area contributed by atoms with E-state index in [-0.39, 0.29) is 40.1 Å². The Hall–Kier alpha value is -1.90. The van der Waals surface area contributed by atoms with Crippen LogP contribution in [0, 0.1) is 29.6 Å². The van der Waals surface area contributed by atoms with Gasteiger partial charge in [-0.25, -0.2) is 13.2 Å². The Bertz CT molecular complexity index is 1340. The molecular formula is C31H45IN4O7S. The first-order chi connectivity index (χ1) is 20.7. The number of nitrogens with one attached hydrogen (secondary N) is 3. The lowest BCUT2D eigenvalue weighted by atomic mass is 9.88. The highest BCUT2D eigenvalue weighted by atomic mass is 127. The second-order valence-electron chi connectivity index (χ2n) is 14.7. The second-order valence-corrected chi connectivity index (χ2v) is 18.7. The number of carbonyl (C=O) groups is 4. The van der Waals surface area contributed by atoms with Crippen molar-refractivity contribution in [2.45, 2.75) is 117 Å². The van der Waals surface area contributed by atoms with Gasteiger partial charge < -0.3 is 20.3 Å². The first-order valence-electron chi connectivity index (χ1n) is 16.2. The number of halogens is 1. The molecule has 0 spiro atoms. The summed E-state index contributed by atoms with van der Waals surface area (Å²) < 4.78 is 32.9. The van der Waals surface area contributed by atoms with E-state index >= 15 is 0 Å². The summed E-state index contributed by atoms with van der Waals surface area (Å²) in [6.07, 6.45) is 10.0. The number of amides is 4. The zero-order valence-electron chi connectivity index (χ0n) is 25.7. The van der Waals surface area contributed by atoms with Crippen molar-refractivity contribution in [3.63, 3.8) is 0 Å². The number of rotatable bonds is 5. The summed E-state index contributed by atoms with van der Waals surface area (Å²) >= 11 is 2.22. The first-order valence-corrected chi connectivity index (χ1v) is 18.9. The number of alkyl carbamates (subject to hydrolysis) is 1. The highest BCUT2D eigenvalue weighted by Crippen LogP contribution is 2.52. The molecule has 11 nitrogen and oxygen atoms in total. The minimum atomic E-state index is -3.90. The van der Waals surface area contributed by atoms with Gasteiger partial charge in [0.05, 0.1) is 4.75 Å². The SMILES string of the molecule is C[C@@H]1CC/C=C\[C@@H]2C[C@@]2(C(=O)NS(=O)(=O)C2(C)CC2)NC(=O)[C@@H]2C[C@@H](I)CN2C(=O)[C@@H](NC(=O)OC2C[C@@H]3C[C@@H]3C2)[C@H](C)C1. The molecule has 4 aliphatic carbocycles. The Balaban J connectivity index is 1.23. The third-order valence-electron chi connectivity index (χ3n) is 11.0. The summed E-state index contributed by atoms with van der Waals surface area (Å²) in [5, 5.41) is 5.79. The zero-order valence-corrected chi connectivity index (χ0v) is 28.7. The molecule has 0 radical (unpaired) electrons. The second kappa shape index (κ2) is 11.7. The Labute approximate surface area is 273 Å². The van der Waals surface area contributed by atoms with E-state index in [0.29, 0.717) is 44.1 Å². The fraction of sp³-hybridized carbons (Fsp3) is 0.806. The molecule has 1 saturated heterocycles. The fourth-order valence-electron chi connectivity index (χ4n) is 7.57. The predicted octanol–water partition coefficient (Wildman–Crippen LogP) is 3.17. The number of fused-ring (bicyclic) bond motifs is 3. The number of allylic oxidation sites excluding steroid dienone is 1. The minimum Gasteiger partial charge on any atom is -0.446 e. The molecule has 6 rings (SSSR count). The van der Waals surface area contributed by atoms with Gasteiger partial charge in [0.25, 0.3) is 5.91 Å². The van der Waals surface area contributed by atoms with Crippen LogP contribution >= 0.6 is 22.6 Å². The summed E-state index contributed by atoms with van der Waals surface area (Å²) in [6, 6.07) is -1.72. The fourth-order valence-corrected chi connectivity index (χ4v) is 9.78. The molecule has 1 unspecified atom stereocenters. The summed E-state index contributed by atoms with van der Waals surface area (Å²) in [7, 11) is -3.90. The van der Waals surface area contributed by atoms with Crippen molar-refractivity contribution in [2.24, 2.45) is 29.6 Å². The number of alkyl halides is 1.